The van der Waals surface area contributed by atoms with Gasteiger partial charge in [-0.25, -0.2) is 8.42 Å². The highest BCUT2D eigenvalue weighted by atomic mass is 32.2. The van der Waals surface area contributed by atoms with Crippen molar-refractivity contribution < 1.29 is 17.9 Å². The van der Waals surface area contributed by atoms with E-state index in [1.165, 1.54) is 24.3 Å². The summed E-state index contributed by atoms with van der Waals surface area (Å²) in [5.74, 6) is 0.577. The van der Waals surface area contributed by atoms with Gasteiger partial charge in [0.25, 0.3) is 15.9 Å². The zero-order valence-corrected chi connectivity index (χ0v) is 17.7. The Morgan fingerprint density at radius 3 is 1.96 bits per heavy atom. The number of hydrogen-bond donors (Lipinski definition) is 2. The Morgan fingerprint density at radius 2 is 1.46 bits per heavy atom. The Kier molecular flexibility index (Phi) is 7.07. The molecule has 1 atom stereocenters. The van der Waals surface area contributed by atoms with Crippen molar-refractivity contribution in [3.63, 3.8) is 0 Å². The molecule has 0 aliphatic carbocycles. The largest absolute Gasteiger partial charge is 0.481 e. The van der Waals surface area contributed by atoms with Crippen LogP contribution in [0, 0.1) is 0 Å². The van der Waals surface area contributed by atoms with Crippen molar-refractivity contribution in [1.82, 2.24) is 5.32 Å². The Hall–Kier alpha value is -2.54. The van der Waals surface area contributed by atoms with Gasteiger partial charge in [-0.05, 0) is 68.7 Å². The van der Waals surface area contributed by atoms with Gasteiger partial charge in [-0.2, -0.15) is 0 Å². The zero-order chi connectivity index (χ0) is 20.9. The molecule has 0 radical (unpaired) electrons. The number of hydrogen-bond acceptors (Lipinski definition) is 4. The minimum Gasteiger partial charge on any atom is -0.481 e. The van der Waals surface area contributed by atoms with Gasteiger partial charge in [-0.1, -0.05) is 26.0 Å². The highest BCUT2D eigenvalue weighted by Crippen LogP contribution is 2.22. The van der Waals surface area contributed by atoms with E-state index < -0.39 is 16.1 Å². The number of sulfonamides is 1. The van der Waals surface area contributed by atoms with Crippen LogP contribution in [0.5, 0.6) is 5.75 Å². The van der Waals surface area contributed by atoms with E-state index in [2.05, 4.69) is 23.9 Å². The minimum absolute atomic E-state index is 0.0201. The maximum atomic E-state index is 12.6. The number of rotatable bonds is 8. The Bertz CT molecular complexity index is 889. The average molecular weight is 405 g/mol. The molecule has 152 valence electrons. The van der Waals surface area contributed by atoms with Crippen LogP contribution in [0.15, 0.2) is 53.4 Å². The van der Waals surface area contributed by atoms with E-state index in [9.17, 15) is 13.2 Å². The lowest BCUT2D eigenvalue weighted by Gasteiger charge is -2.16. The molecular weight excluding hydrogens is 376 g/mol. The van der Waals surface area contributed by atoms with Gasteiger partial charge in [0, 0.05) is 11.7 Å². The van der Waals surface area contributed by atoms with E-state index in [1.54, 1.807) is 19.1 Å². The summed E-state index contributed by atoms with van der Waals surface area (Å²) in [4.78, 5) is 12.0. The fraction of sp³-hybridized carbons (Fsp3) is 0.381. The van der Waals surface area contributed by atoms with Gasteiger partial charge in [0.05, 0.1) is 4.90 Å². The molecule has 2 N–H and O–H groups in total. The topological polar surface area (TPSA) is 84.5 Å². The van der Waals surface area contributed by atoms with Gasteiger partial charge in [-0.3, -0.25) is 9.52 Å². The monoisotopic (exact) mass is 404 g/mol. The summed E-state index contributed by atoms with van der Waals surface area (Å²) in [6, 6.07) is 13.3. The molecule has 0 fully saturated rings. The third-order valence-corrected chi connectivity index (χ3v) is 5.47. The molecule has 0 spiro atoms. The Balaban J connectivity index is 2.05. The summed E-state index contributed by atoms with van der Waals surface area (Å²) < 4.78 is 33.3. The van der Waals surface area contributed by atoms with Crippen LogP contribution in [0.25, 0.3) is 0 Å². The number of benzene rings is 2. The average Bonchev–Trinajstić information content (AvgIpc) is 2.61. The second-order valence-electron chi connectivity index (χ2n) is 7.28. The molecule has 0 heterocycles. The molecule has 2 aromatic rings. The van der Waals surface area contributed by atoms with Crippen LogP contribution < -0.4 is 14.8 Å². The predicted octanol–water partition coefficient (Wildman–Crippen LogP) is 3.90. The number of nitrogens with one attached hydrogen (secondary N) is 2. The van der Waals surface area contributed by atoms with Gasteiger partial charge in [0.15, 0.2) is 6.10 Å². The third-order valence-electron chi connectivity index (χ3n) is 4.08. The Labute approximate surface area is 167 Å². The van der Waals surface area contributed by atoms with Gasteiger partial charge >= 0.3 is 0 Å². The van der Waals surface area contributed by atoms with Crippen LogP contribution in [0.3, 0.4) is 0 Å². The number of carbonyl (C=O) groups excluding carboxylic acids is 1. The second kappa shape index (κ2) is 9.10. The minimum atomic E-state index is -3.71. The van der Waals surface area contributed by atoms with Crippen molar-refractivity contribution in [2.75, 3.05) is 4.72 Å². The molecule has 0 saturated heterocycles. The van der Waals surface area contributed by atoms with Gasteiger partial charge in [0.1, 0.15) is 5.75 Å². The van der Waals surface area contributed by atoms with Crippen LogP contribution >= 0.6 is 0 Å². The molecular formula is C21H28N2O4S. The number of ether oxygens (including phenoxy) is 1. The molecule has 0 aliphatic heterocycles. The van der Waals surface area contributed by atoms with Crippen LogP contribution in [0.2, 0.25) is 0 Å². The molecule has 7 heteroatoms. The van der Waals surface area contributed by atoms with Crippen molar-refractivity contribution in [1.29, 1.82) is 0 Å². The summed E-state index contributed by atoms with van der Waals surface area (Å²) in [5.41, 5.74) is 1.64. The maximum absolute atomic E-state index is 12.6. The van der Waals surface area contributed by atoms with Crippen LogP contribution in [0.4, 0.5) is 5.69 Å². The van der Waals surface area contributed by atoms with E-state index in [0.717, 1.165) is 5.56 Å². The lowest BCUT2D eigenvalue weighted by Crippen LogP contribution is -2.40. The summed E-state index contributed by atoms with van der Waals surface area (Å²) in [7, 11) is -3.71. The fourth-order valence-corrected chi connectivity index (χ4v) is 3.57. The highest BCUT2D eigenvalue weighted by molar-refractivity contribution is 7.92. The first-order valence-electron chi connectivity index (χ1n) is 9.28. The molecule has 0 bridgehead atoms. The first-order chi connectivity index (χ1) is 13.1. The van der Waals surface area contributed by atoms with Crippen LogP contribution in [-0.2, 0) is 14.8 Å². The number of carbonyl (C=O) groups is 1. The smallest absolute Gasteiger partial charge is 0.261 e. The molecule has 2 rings (SSSR count). The van der Waals surface area contributed by atoms with Crippen molar-refractivity contribution >= 4 is 21.6 Å². The van der Waals surface area contributed by atoms with E-state index in [-0.39, 0.29) is 16.8 Å². The van der Waals surface area contributed by atoms with Crippen molar-refractivity contribution in [3.8, 4) is 5.75 Å². The number of anilines is 1. The van der Waals surface area contributed by atoms with Crippen molar-refractivity contribution in [3.05, 3.63) is 54.1 Å². The summed E-state index contributed by atoms with van der Waals surface area (Å²) >= 11 is 0. The molecule has 6 nitrogen and oxygen atoms in total. The Morgan fingerprint density at radius 1 is 0.893 bits per heavy atom. The quantitative estimate of drug-likeness (QED) is 0.699. The molecule has 0 saturated carbocycles. The molecule has 0 aliphatic rings. The van der Waals surface area contributed by atoms with Gasteiger partial charge < -0.3 is 10.1 Å². The summed E-state index contributed by atoms with van der Waals surface area (Å²) in [5, 5.41) is 2.77. The van der Waals surface area contributed by atoms with Crippen molar-refractivity contribution in [2.24, 2.45) is 0 Å². The lowest BCUT2D eigenvalue weighted by molar-refractivity contribution is -0.127. The van der Waals surface area contributed by atoms with Crippen LogP contribution in [-0.4, -0.2) is 26.5 Å². The molecule has 2 aromatic carbocycles. The molecule has 1 amide bonds. The molecule has 28 heavy (non-hydrogen) atoms. The normalized spacial score (nSPS) is 12.7. The van der Waals surface area contributed by atoms with Crippen molar-refractivity contribution in [2.45, 2.75) is 57.6 Å². The summed E-state index contributed by atoms with van der Waals surface area (Å²) in [6.07, 6.45) is -0.678. The summed E-state index contributed by atoms with van der Waals surface area (Å²) in [6.45, 7) is 9.54. The first kappa shape index (κ1) is 21.8. The fourth-order valence-electron chi connectivity index (χ4n) is 2.51. The van der Waals surface area contributed by atoms with E-state index >= 15 is 0 Å². The SMILES string of the molecule is CC(C)NC(=O)[C@@H](C)Oc1ccc(S(=O)(=O)Nc2ccc(C(C)C)cc2)cc1. The molecule has 0 aromatic heterocycles. The van der Waals surface area contributed by atoms with E-state index in [4.69, 9.17) is 4.74 Å². The van der Waals surface area contributed by atoms with Crippen LogP contribution in [0.1, 0.15) is 46.1 Å². The van der Waals surface area contributed by atoms with E-state index in [1.807, 2.05) is 26.0 Å². The third kappa shape index (κ3) is 5.99. The van der Waals surface area contributed by atoms with Gasteiger partial charge in [-0.15, -0.1) is 0 Å². The first-order valence-corrected chi connectivity index (χ1v) is 10.8. The predicted molar refractivity (Wildman–Crippen MR) is 111 cm³/mol. The molecule has 0 unspecified atom stereocenters. The lowest BCUT2D eigenvalue weighted by atomic mass is 10.0. The maximum Gasteiger partial charge on any atom is 0.261 e. The standard InChI is InChI=1S/C21H28N2O4S/c1-14(2)17-6-8-18(9-7-17)23-28(25,26)20-12-10-19(11-13-20)27-16(5)21(24)22-15(3)4/h6-16,23H,1-5H3,(H,22,24)/t16-/m1/s1. The van der Waals surface area contributed by atoms with E-state index in [0.29, 0.717) is 17.4 Å². The zero-order valence-electron chi connectivity index (χ0n) is 16.9. The van der Waals surface area contributed by atoms with Gasteiger partial charge in [0.2, 0.25) is 0 Å². The number of amides is 1. The highest BCUT2D eigenvalue weighted by Gasteiger charge is 2.17. The second-order valence-corrected chi connectivity index (χ2v) is 8.96.